The topological polar surface area (TPSA) is 69.6 Å². The van der Waals surface area contributed by atoms with Crippen molar-refractivity contribution in [1.82, 2.24) is 10.2 Å². The SMILES string of the molecule is CN(Cc1ccc(Cl)cc1)C(=O)NC(CC(=O)O)C1CC1. The number of nitrogens with one attached hydrogen (secondary N) is 1. The molecule has 6 heteroatoms. The first kappa shape index (κ1) is 15.6. The van der Waals surface area contributed by atoms with Gasteiger partial charge in [-0.15, -0.1) is 0 Å². The summed E-state index contributed by atoms with van der Waals surface area (Å²) in [6.07, 6.45) is 1.95. The van der Waals surface area contributed by atoms with E-state index in [2.05, 4.69) is 5.32 Å². The van der Waals surface area contributed by atoms with E-state index in [1.165, 1.54) is 0 Å². The van der Waals surface area contributed by atoms with Crippen LogP contribution < -0.4 is 5.32 Å². The highest BCUT2D eigenvalue weighted by atomic mass is 35.5. The first-order valence-corrected chi connectivity index (χ1v) is 7.31. The Bertz CT molecular complexity index is 514. The van der Waals surface area contributed by atoms with Crippen LogP contribution in [0.15, 0.2) is 24.3 Å². The fourth-order valence-corrected chi connectivity index (χ4v) is 2.35. The van der Waals surface area contributed by atoms with Crippen LogP contribution in [0.4, 0.5) is 4.79 Å². The number of carbonyl (C=O) groups excluding carboxylic acids is 1. The van der Waals surface area contributed by atoms with Gasteiger partial charge in [-0.3, -0.25) is 4.79 Å². The van der Waals surface area contributed by atoms with Crippen LogP contribution >= 0.6 is 11.6 Å². The first-order chi connectivity index (χ1) is 9.95. The number of carboxylic acids is 1. The highest BCUT2D eigenvalue weighted by Crippen LogP contribution is 2.34. The number of amides is 2. The number of hydrogen-bond acceptors (Lipinski definition) is 2. The molecule has 1 atom stereocenters. The highest BCUT2D eigenvalue weighted by molar-refractivity contribution is 6.30. The lowest BCUT2D eigenvalue weighted by Gasteiger charge is -2.22. The number of benzene rings is 1. The largest absolute Gasteiger partial charge is 0.481 e. The summed E-state index contributed by atoms with van der Waals surface area (Å²) in [5.74, 6) is -0.582. The lowest BCUT2D eigenvalue weighted by Crippen LogP contribution is -2.44. The summed E-state index contributed by atoms with van der Waals surface area (Å²) in [7, 11) is 1.69. The van der Waals surface area contributed by atoms with E-state index < -0.39 is 5.97 Å². The standard InChI is InChI=1S/C15H19ClN2O3/c1-18(9-10-2-6-12(16)7-3-10)15(21)17-13(8-14(19)20)11-4-5-11/h2-3,6-7,11,13H,4-5,8-9H2,1H3,(H,17,21)(H,19,20). The normalized spacial score (nSPS) is 15.3. The Morgan fingerprint density at radius 2 is 2.00 bits per heavy atom. The Morgan fingerprint density at radius 3 is 2.52 bits per heavy atom. The van der Waals surface area contributed by atoms with Crippen LogP contribution in [0.1, 0.15) is 24.8 Å². The Balaban J connectivity index is 1.88. The van der Waals surface area contributed by atoms with E-state index in [-0.39, 0.29) is 18.5 Å². The molecule has 0 aliphatic heterocycles. The molecule has 2 rings (SSSR count). The lowest BCUT2D eigenvalue weighted by atomic mass is 10.1. The highest BCUT2D eigenvalue weighted by Gasteiger charge is 2.34. The molecular weight excluding hydrogens is 292 g/mol. The third-order valence-electron chi connectivity index (χ3n) is 3.57. The summed E-state index contributed by atoms with van der Waals surface area (Å²) < 4.78 is 0. The molecule has 0 bridgehead atoms. The van der Waals surface area contributed by atoms with Crippen molar-refractivity contribution in [2.24, 2.45) is 5.92 Å². The van der Waals surface area contributed by atoms with Gasteiger partial charge in [-0.05, 0) is 36.5 Å². The van der Waals surface area contributed by atoms with Gasteiger partial charge < -0.3 is 15.3 Å². The third-order valence-corrected chi connectivity index (χ3v) is 3.83. The molecule has 1 saturated carbocycles. The zero-order valence-corrected chi connectivity index (χ0v) is 12.6. The Labute approximate surface area is 128 Å². The maximum Gasteiger partial charge on any atom is 0.317 e. The second kappa shape index (κ2) is 6.80. The van der Waals surface area contributed by atoms with Crippen molar-refractivity contribution in [2.75, 3.05) is 7.05 Å². The van der Waals surface area contributed by atoms with Crippen LogP contribution in [0.25, 0.3) is 0 Å². The molecule has 1 unspecified atom stereocenters. The lowest BCUT2D eigenvalue weighted by molar-refractivity contribution is -0.137. The molecule has 0 saturated heterocycles. The van der Waals surface area contributed by atoms with Crippen molar-refractivity contribution < 1.29 is 14.7 Å². The molecule has 1 aliphatic carbocycles. The van der Waals surface area contributed by atoms with E-state index in [0.29, 0.717) is 17.5 Å². The molecule has 21 heavy (non-hydrogen) atoms. The summed E-state index contributed by atoms with van der Waals surface area (Å²) in [4.78, 5) is 24.5. The molecule has 1 fully saturated rings. The molecule has 1 aromatic rings. The Kier molecular flexibility index (Phi) is 5.07. The van der Waals surface area contributed by atoms with Gasteiger partial charge in [0, 0.05) is 24.7 Å². The number of aliphatic carboxylic acids is 1. The zero-order valence-electron chi connectivity index (χ0n) is 11.9. The van der Waals surface area contributed by atoms with Gasteiger partial charge in [0.1, 0.15) is 0 Å². The molecule has 1 aliphatic rings. The summed E-state index contributed by atoms with van der Waals surface area (Å²) in [6.45, 7) is 0.452. The first-order valence-electron chi connectivity index (χ1n) is 6.93. The number of nitrogens with zero attached hydrogens (tertiary/aromatic N) is 1. The quantitative estimate of drug-likeness (QED) is 0.849. The number of carbonyl (C=O) groups is 2. The van der Waals surface area contributed by atoms with Crippen molar-refractivity contribution >= 4 is 23.6 Å². The van der Waals surface area contributed by atoms with Gasteiger partial charge in [-0.1, -0.05) is 23.7 Å². The number of carboxylic acid groups (broad SMARTS) is 1. The van der Waals surface area contributed by atoms with Gasteiger partial charge >= 0.3 is 12.0 Å². The van der Waals surface area contributed by atoms with Crippen LogP contribution in [-0.2, 0) is 11.3 Å². The molecule has 0 aromatic heterocycles. The minimum absolute atomic E-state index is 0.0226. The van der Waals surface area contributed by atoms with Crippen molar-refractivity contribution in [3.8, 4) is 0 Å². The van der Waals surface area contributed by atoms with Gasteiger partial charge in [0.05, 0.1) is 6.42 Å². The summed E-state index contributed by atoms with van der Waals surface area (Å²) in [5.41, 5.74) is 0.971. The maximum absolute atomic E-state index is 12.1. The molecule has 0 heterocycles. The molecule has 5 nitrogen and oxygen atoms in total. The molecule has 1 aromatic carbocycles. The second-order valence-electron chi connectivity index (χ2n) is 5.47. The number of halogens is 1. The average Bonchev–Trinajstić information content (AvgIpc) is 3.24. The minimum Gasteiger partial charge on any atom is -0.481 e. The van der Waals surface area contributed by atoms with E-state index >= 15 is 0 Å². The van der Waals surface area contributed by atoms with Crippen LogP contribution in [0.2, 0.25) is 5.02 Å². The van der Waals surface area contributed by atoms with Crippen LogP contribution in [0.3, 0.4) is 0 Å². The monoisotopic (exact) mass is 310 g/mol. The molecule has 0 radical (unpaired) electrons. The van der Waals surface area contributed by atoms with Crippen molar-refractivity contribution in [2.45, 2.75) is 31.8 Å². The van der Waals surface area contributed by atoms with Crippen LogP contribution in [0.5, 0.6) is 0 Å². The molecule has 114 valence electrons. The van der Waals surface area contributed by atoms with Crippen molar-refractivity contribution in [3.05, 3.63) is 34.9 Å². The minimum atomic E-state index is -0.882. The van der Waals surface area contributed by atoms with Gasteiger partial charge in [-0.2, -0.15) is 0 Å². The van der Waals surface area contributed by atoms with Gasteiger partial charge in [0.2, 0.25) is 0 Å². The fourth-order valence-electron chi connectivity index (χ4n) is 2.23. The number of rotatable bonds is 6. The molecular formula is C15H19ClN2O3. The van der Waals surface area contributed by atoms with Crippen LogP contribution in [0, 0.1) is 5.92 Å². The van der Waals surface area contributed by atoms with E-state index in [1.807, 2.05) is 12.1 Å². The summed E-state index contributed by atoms with van der Waals surface area (Å²) in [5, 5.41) is 12.4. The zero-order chi connectivity index (χ0) is 15.4. The smallest absolute Gasteiger partial charge is 0.317 e. The van der Waals surface area contributed by atoms with Crippen LogP contribution in [-0.4, -0.2) is 35.1 Å². The number of hydrogen-bond donors (Lipinski definition) is 2. The van der Waals surface area contributed by atoms with Crippen molar-refractivity contribution in [1.29, 1.82) is 0 Å². The second-order valence-corrected chi connectivity index (χ2v) is 5.91. The predicted molar refractivity (Wildman–Crippen MR) is 80.2 cm³/mol. The predicted octanol–water partition coefficient (Wildman–Crippen LogP) is 2.73. The Hall–Kier alpha value is -1.75. The van der Waals surface area contributed by atoms with Crippen molar-refractivity contribution in [3.63, 3.8) is 0 Å². The van der Waals surface area contributed by atoms with E-state index in [0.717, 1.165) is 18.4 Å². The fraction of sp³-hybridized carbons (Fsp3) is 0.467. The summed E-state index contributed by atoms with van der Waals surface area (Å²) in [6, 6.07) is 6.76. The number of urea groups is 1. The molecule has 0 spiro atoms. The van der Waals surface area contributed by atoms with E-state index in [4.69, 9.17) is 16.7 Å². The van der Waals surface area contributed by atoms with E-state index in [1.54, 1.807) is 24.1 Å². The Morgan fingerprint density at radius 1 is 1.38 bits per heavy atom. The summed E-state index contributed by atoms with van der Waals surface area (Å²) >= 11 is 5.82. The van der Waals surface area contributed by atoms with Gasteiger partial charge in [0.25, 0.3) is 0 Å². The molecule has 2 amide bonds. The van der Waals surface area contributed by atoms with Gasteiger partial charge in [-0.25, -0.2) is 4.79 Å². The van der Waals surface area contributed by atoms with Gasteiger partial charge in [0.15, 0.2) is 0 Å². The third kappa shape index (κ3) is 4.93. The molecule has 2 N–H and O–H groups in total. The maximum atomic E-state index is 12.1. The average molecular weight is 311 g/mol. The van der Waals surface area contributed by atoms with E-state index in [9.17, 15) is 9.59 Å².